The fraction of sp³-hybridized carbons (Fsp3) is 0.250. The van der Waals surface area contributed by atoms with Gasteiger partial charge in [-0.25, -0.2) is 5.43 Å². The zero-order chi connectivity index (χ0) is 21.2. The average molecular weight is 511 g/mol. The zero-order valence-electron chi connectivity index (χ0n) is 16.3. The molecule has 2 amide bonds. The minimum absolute atomic E-state index is 0.0167. The summed E-state index contributed by atoms with van der Waals surface area (Å²) in [5.74, 6) is 1.29. The summed E-state index contributed by atoms with van der Waals surface area (Å²) in [5.41, 5.74) is 3.79. The van der Waals surface area contributed by atoms with E-state index in [1.807, 2.05) is 6.07 Å². The van der Waals surface area contributed by atoms with Crippen LogP contribution < -0.4 is 25.0 Å². The SMILES string of the molecule is COc1ccc(NC(=O)CCC(=O)NN=Cc2cc(I)c(OC)c(OC)c2)cc1. The highest BCUT2D eigenvalue weighted by Gasteiger charge is 2.10. The molecular formula is C20H22IN3O5. The number of benzene rings is 2. The Hall–Kier alpha value is -2.82. The number of anilines is 1. The molecular weight excluding hydrogens is 489 g/mol. The highest BCUT2D eigenvalue weighted by molar-refractivity contribution is 14.1. The first-order valence-corrected chi connectivity index (χ1v) is 9.72. The van der Waals surface area contributed by atoms with Crippen LogP contribution in [0.5, 0.6) is 17.2 Å². The summed E-state index contributed by atoms with van der Waals surface area (Å²) in [4.78, 5) is 23.8. The first-order valence-electron chi connectivity index (χ1n) is 8.64. The van der Waals surface area contributed by atoms with Gasteiger partial charge in [0.05, 0.1) is 31.1 Å². The lowest BCUT2D eigenvalue weighted by molar-refractivity contribution is -0.124. The van der Waals surface area contributed by atoms with E-state index >= 15 is 0 Å². The highest BCUT2D eigenvalue weighted by Crippen LogP contribution is 2.33. The molecule has 0 saturated heterocycles. The molecule has 2 aromatic carbocycles. The molecule has 0 atom stereocenters. The maximum absolute atomic E-state index is 11.9. The van der Waals surface area contributed by atoms with Crippen LogP contribution in [0.15, 0.2) is 41.5 Å². The Morgan fingerprint density at radius 1 is 1.00 bits per heavy atom. The van der Waals surface area contributed by atoms with Gasteiger partial charge >= 0.3 is 0 Å². The Bertz CT molecular complexity index is 884. The summed E-state index contributed by atoms with van der Waals surface area (Å²) < 4.78 is 16.5. The molecule has 9 heteroatoms. The van der Waals surface area contributed by atoms with Crippen molar-refractivity contribution < 1.29 is 23.8 Å². The van der Waals surface area contributed by atoms with E-state index < -0.39 is 0 Å². The van der Waals surface area contributed by atoms with E-state index in [1.54, 1.807) is 51.7 Å². The van der Waals surface area contributed by atoms with Crippen LogP contribution >= 0.6 is 22.6 Å². The van der Waals surface area contributed by atoms with E-state index in [4.69, 9.17) is 14.2 Å². The fourth-order valence-corrected chi connectivity index (χ4v) is 3.22. The van der Waals surface area contributed by atoms with Crippen molar-refractivity contribution in [1.82, 2.24) is 5.43 Å². The highest BCUT2D eigenvalue weighted by atomic mass is 127. The van der Waals surface area contributed by atoms with Crippen molar-refractivity contribution in [2.75, 3.05) is 26.6 Å². The molecule has 0 fully saturated rings. The molecule has 0 unspecified atom stereocenters. The van der Waals surface area contributed by atoms with Crippen molar-refractivity contribution in [3.8, 4) is 17.2 Å². The first kappa shape index (κ1) is 22.5. The number of ether oxygens (including phenoxy) is 3. The molecule has 2 aromatic rings. The molecule has 0 heterocycles. The molecule has 0 saturated carbocycles. The molecule has 29 heavy (non-hydrogen) atoms. The van der Waals surface area contributed by atoms with Crippen LogP contribution in [-0.4, -0.2) is 39.4 Å². The summed E-state index contributed by atoms with van der Waals surface area (Å²) in [5, 5.41) is 6.65. The lowest BCUT2D eigenvalue weighted by Crippen LogP contribution is -2.20. The van der Waals surface area contributed by atoms with E-state index in [1.165, 1.54) is 6.21 Å². The standard InChI is InChI=1S/C20H22IN3O5/c1-27-15-6-4-14(5-7-15)23-18(25)8-9-19(26)24-22-12-13-10-16(21)20(29-3)17(11-13)28-2/h4-7,10-12H,8-9H2,1-3H3,(H,23,25)(H,24,26). The number of halogens is 1. The minimum atomic E-state index is -0.360. The number of hydrogen-bond acceptors (Lipinski definition) is 6. The van der Waals surface area contributed by atoms with Gasteiger partial charge in [0.2, 0.25) is 11.8 Å². The molecule has 8 nitrogen and oxygen atoms in total. The molecule has 154 valence electrons. The zero-order valence-corrected chi connectivity index (χ0v) is 18.5. The van der Waals surface area contributed by atoms with Gasteiger partial charge in [-0.3, -0.25) is 9.59 Å². The smallest absolute Gasteiger partial charge is 0.240 e. The number of amides is 2. The lowest BCUT2D eigenvalue weighted by atomic mass is 10.2. The molecule has 0 aromatic heterocycles. The maximum Gasteiger partial charge on any atom is 0.240 e. The van der Waals surface area contributed by atoms with E-state index in [0.717, 1.165) is 9.13 Å². The van der Waals surface area contributed by atoms with Gasteiger partial charge in [-0.15, -0.1) is 0 Å². The molecule has 0 radical (unpaired) electrons. The minimum Gasteiger partial charge on any atom is -0.497 e. The van der Waals surface area contributed by atoms with Gasteiger partial charge in [0, 0.05) is 18.5 Å². The Labute approximate surface area is 182 Å². The van der Waals surface area contributed by atoms with Crippen molar-refractivity contribution in [1.29, 1.82) is 0 Å². The Kier molecular flexibility index (Phi) is 8.71. The van der Waals surface area contributed by atoms with Crippen LogP contribution in [0, 0.1) is 3.57 Å². The van der Waals surface area contributed by atoms with Gasteiger partial charge in [0.15, 0.2) is 11.5 Å². The van der Waals surface area contributed by atoms with Crippen LogP contribution in [0.4, 0.5) is 5.69 Å². The number of nitrogens with one attached hydrogen (secondary N) is 2. The van der Waals surface area contributed by atoms with Crippen LogP contribution in [0.3, 0.4) is 0 Å². The van der Waals surface area contributed by atoms with E-state index in [-0.39, 0.29) is 24.7 Å². The average Bonchev–Trinajstić information content (AvgIpc) is 2.72. The topological polar surface area (TPSA) is 98.2 Å². The molecule has 2 N–H and O–H groups in total. The predicted molar refractivity (Wildman–Crippen MR) is 119 cm³/mol. The van der Waals surface area contributed by atoms with Gasteiger partial charge in [0.25, 0.3) is 0 Å². The fourth-order valence-electron chi connectivity index (χ4n) is 2.37. The molecule has 0 spiro atoms. The Morgan fingerprint density at radius 2 is 1.69 bits per heavy atom. The monoisotopic (exact) mass is 511 g/mol. The van der Waals surface area contributed by atoms with Crippen LogP contribution in [-0.2, 0) is 9.59 Å². The van der Waals surface area contributed by atoms with Gasteiger partial charge in [-0.2, -0.15) is 5.10 Å². The number of rotatable bonds is 9. The van der Waals surface area contributed by atoms with Crippen molar-refractivity contribution >= 4 is 46.3 Å². The quantitative estimate of drug-likeness (QED) is 0.306. The van der Waals surface area contributed by atoms with Gasteiger partial charge in [0.1, 0.15) is 5.75 Å². The van der Waals surface area contributed by atoms with Crippen LogP contribution in [0.2, 0.25) is 0 Å². The van der Waals surface area contributed by atoms with E-state index in [0.29, 0.717) is 22.9 Å². The lowest BCUT2D eigenvalue weighted by Gasteiger charge is -2.10. The van der Waals surface area contributed by atoms with Crippen molar-refractivity contribution in [2.45, 2.75) is 12.8 Å². The summed E-state index contributed by atoms with van der Waals surface area (Å²) in [6.45, 7) is 0. The number of nitrogens with zero attached hydrogens (tertiary/aromatic N) is 1. The van der Waals surface area contributed by atoms with E-state index in [2.05, 4.69) is 38.4 Å². The third-order valence-electron chi connectivity index (χ3n) is 3.81. The van der Waals surface area contributed by atoms with Crippen molar-refractivity contribution in [3.05, 3.63) is 45.5 Å². The molecule has 0 aliphatic carbocycles. The van der Waals surface area contributed by atoms with Crippen molar-refractivity contribution in [2.24, 2.45) is 5.10 Å². The van der Waals surface area contributed by atoms with E-state index in [9.17, 15) is 9.59 Å². The number of methoxy groups -OCH3 is 3. The molecule has 0 bridgehead atoms. The largest absolute Gasteiger partial charge is 0.497 e. The second-order valence-electron chi connectivity index (χ2n) is 5.81. The van der Waals surface area contributed by atoms with Crippen molar-refractivity contribution in [3.63, 3.8) is 0 Å². The van der Waals surface area contributed by atoms with Gasteiger partial charge in [-0.1, -0.05) is 0 Å². The molecule has 0 aliphatic heterocycles. The Balaban J connectivity index is 1.81. The number of hydrazone groups is 1. The second kappa shape index (κ2) is 11.2. The third kappa shape index (κ3) is 6.93. The number of carbonyl (C=O) groups is 2. The van der Waals surface area contributed by atoms with Crippen LogP contribution in [0.25, 0.3) is 0 Å². The predicted octanol–water partition coefficient (Wildman–Crippen LogP) is 3.19. The Morgan fingerprint density at radius 3 is 2.31 bits per heavy atom. The summed E-state index contributed by atoms with van der Waals surface area (Å²) in [6, 6.07) is 10.5. The van der Waals surface area contributed by atoms with Gasteiger partial charge in [-0.05, 0) is 64.6 Å². The summed E-state index contributed by atoms with van der Waals surface area (Å²) in [7, 11) is 4.69. The van der Waals surface area contributed by atoms with Crippen LogP contribution in [0.1, 0.15) is 18.4 Å². The summed E-state index contributed by atoms with van der Waals surface area (Å²) >= 11 is 2.13. The number of carbonyl (C=O) groups excluding carboxylic acids is 2. The maximum atomic E-state index is 11.9. The first-order chi connectivity index (χ1) is 14.0. The van der Waals surface area contributed by atoms with Gasteiger partial charge < -0.3 is 19.5 Å². The second-order valence-corrected chi connectivity index (χ2v) is 6.97. The molecule has 0 aliphatic rings. The number of hydrogen-bond donors (Lipinski definition) is 2. The summed E-state index contributed by atoms with van der Waals surface area (Å²) in [6.07, 6.45) is 1.56. The molecule has 2 rings (SSSR count). The third-order valence-corrected chi connectivity index (χ3v) is 4.61. The normalized spacial score (nSPS) is 10.5.